The van der Waals surface area contributed by atoms with Gasteiger partial charge in [0.25, 0.3) is 0 Å². The van der Waals surface area contributed by atoms with E-state index in [9.17, 15) is 14.7 Å². The number of hydrogen-bond donors (Lipinski definition) is 3. The first-order chi connectivity index (χ1) is 21.0. The van der Waals surface area contributed by atoms with Crippen LogP contribution < -0.4 is 10.6 Å². The predicted molar refractivity (Wildman–Crippen MR) is 163 cm³/mol. The number of hydrogen-bond acceptors (Lipinski definition) is 7. The standard InChI is InChI=1S/C34H41N3O6/c1-41-32(39)30(19-24-9-4-2-5-10-24)36-34(40)35-28-12-8-11-27(20-28)33-42-29(22-37-17-6-3-7-18-37)21-31(43-33)26-15-13-25(23-38)14-16-26/h2,4-5,8-16,20,29-31,33,38H,3,6-7,17-19,21-23H2,1H3,(H2,35,36,40)/t29-,30-,31+,33+/m0/s1. The number of carbonyl (C=O) groups is 2. The zero-order chi connectivity index (χ0) is 30.0. The van der Waals surface area contributed by atoms with Crippen molar-refractivity contribution in [2.45, 2.75) is 63.3 Å². The van der Waals surface area contributed by atoms with Gasteiger partial charge < -0.3 is 34.9 Å². The molecule has 0 spiro atoms. The fourth-order valence-corrected chi connectivity index (χ4v) is 5.74. The molecular weight excluding hydrogens is 546 g/mol. The SMILES string of the molecule is COC(=O)[C@H](Cc1ccccc1)NC(=O)Nc1cccc([C@@H]2O[C@H](CN3CCCCC3)C[C@H](c3ccc(CO)cc3)O2)c1. The van der Waals surface area contributed by atoms with Crippen LogP contribution in [0.3, 0.4) is 0 Å². The number of carbonyl (C=O) groups excluding carboxylic acids is 2. The van der Waals surface area contributed by atoms with E-state index in [1.165, 1.54) is 26.4 Å². The van der Waals surface area contributed by atoms with Crippen LogP contribution in [0.15, 0.2) is 78.9 Å². The van der Waals surface area contributed by atoms with E-state index < -0.39 is 24.3 Å². The van der Waals surface area contributed by atoms with Gasteiger partial charge in [0.05, 0.1) is 25.9 Å². The van der Waals surface area contributed by atoms with Crippen LogP contribution in [0.1, 0.15) is 60.3 Å². The van der Waals surface area contributed by atoms with Crippen LogP contribution in [0.2, 0.25) is 0 Å². The summed E-state index contributed by atoms with van der Waals surface area (Å²) in [5.74, 6) is -0.519. The Morgan fingerprint density at radius 2 is 1.70 bits per heavy atom. The van der Waals surface area contributed by atoms with Crippen molar-refractivity contribution in [3.63, 3.8) is 0 Å². The average Bonchev–Trinajstić information content (AvgIpc) is 3.05. The van der Waals surface area contributed by atoms with Gasteiger partial charge in [0.2, 0.25) is 0 Å². The van der Waals surface area contributed by atoms with E-state index in [2.05, 4.69) is 15.5 Å². The van der Waals surface area contributed by atoms with Crippen molar-refractivity contribution in [1.29, 1.82) is 0 Å². The normalized spacial score (nSPS) is 21.5. The first kappa shape index (κ1) is 30.7. The Morgan fingerprint density at radius 1 is 0.930 bits per heavy atom. The number of anilines is 1. The smallest absolute Gasteiger partial charge is 0.328 e. The molecule has 9 nitrogen and oxygen atoms in total. The Labute approximate surface area is 253 Å². The summed E-state index contributed by atoms with van der Waals surface area (Å²) in [4.78, 5) is 27.8. The van der Waals surface area contributed by atoms with Gasteiger partial charge in [-0.2, -0.15) is 0 Å². The minimum atomic E-state index is -0.839. The lowest BCUT2D eigenvalue weighted by Crippen LogP contribution is -2.45. The van der Waals surface area contributed by atoms with E-state index in [0.717, 1.165) is 48.3 Å². The quantitative estimate of drug-likeness (QED) is 0.283. The molecule has 0 saturated carbocycles. The first-order valence-corrected chi connectivity index (χ1v) is 15.0. The molecule has 4 atom stereocenters. The van der Waals surface area contributed by atoms with Crippen molar-refractivity contribution in [3.05, 3.63) is 101 Å². The second kappa shape index (κ2) is 15.1. The third-order valence-electron chi connectivity index (χ3n) is 8.02. The molecule has 0 aliphatic carbocycles. The maximum absolute atomic E-state index is 13.0. The molecule has 0 unspecified atom stereocenters. The van der Waals surface area contributed by atoms with Gasteiger partial charge in [-0.05, 0) is 54.8 Å². The summed E-state index contributed by atoms with van der Waals surface area (Å²) in [5.41, 5.74) is 4.13. The van der Waals surface area contributed by atoms with Crippen molar-refractivity contribution in [2.24, 2.45) is 0 Å². The van der Waals surface area contributed by atoms with Crippen LogP contribution in [0.5, 0.6) is 0 Å². The zero-order valence-corrected chi connectivity index (χ0v) is 24.6. The number of nitrogens with zero attached hydrogens (tertiary/aromatic N) is 1. The molecule has 43 heavy (non-hydrogen) atoms. The third kappa shape index (κ3) is 8.64. The highest BCUT2D eigenvalue weighted by molar-refractivity contribution is 5.92. The van der Waals surface area contributed by atoms with Crippen LogP contribution in [-0.2, 0) is 32.0 Å². The number of aliphatic hydroxyl groups excluding tert-OH is 1. The second-order valence-corrected chi connectivity index (χ2v) is 11.2. The Kier molecular flexibility index (Phi) is 10.8. The van der Waals surface area contributed by atoms with Crippen molar-refractivity contribution < 1.29 is 28.9 Å². The second-order valence-electron chi connectivity index (χ2n) is 11.2. The molecule has 2 aliphatic rings. The summed E-state index contributed by atoms with van der Waals surface area (Å²) in [6.07, 6.45) is 3.88. The van der Waals surface area contributed by atoms with Crippen molar-refractivity contribution in [3.8, 4) is 0 Å². The number of benzene rings is 3. The Bertz CT molecular complexity index is 1330. The maximum Gasteiger partial charge on any atom is 0.328 e. The molecule has 2 fully saturated rings. The van der Waals surface area contributed by atoms with Crippen molar-refractivity contribution in [1.82, 2.24) is 10.2 Å². The number of methoxy groups -OCH3 is 1. The summed E-state index contributed by atoms with van der Waals surface area (Å²) in [5, 5.41) is 15.1. The number of rotatable bonds is 10. The van der Waals surface area contributed by atoms with Gasteiger partial charge in [-0.25, -0.2) is 9.59 Å². The van der Waals surface area contributed by atoms with E-state index in [4.69, 9.17) is 14.2 Å². The molecule has 3 aromatic carbocycles. The molecule has 3 aromatic rings. The molecule has 2 aliphatic heterocycles. The van der Waals surface area contributed by atoms with Crippen molar-refractivity contribution in [2.75, 3.05) is 32.1 Å². The number of piperidine rings is 1. The van der Waals surface area contributed by atoms with Crippen LogP contribution in [0.4, 0.5) is 10.5 Å². The molecule has 9 heteroatoms. The van der Waals surface area contributed by atoms with E-state index >= 15 is 0 Å². The Hall–Kier alpha value is -3.76. The molecule has 0 bridgehead atoms. The van der Waals surface area contributed by atoms with Gasteiger partial charge in [-0.15, -0.1) is 0 Å². The van der Waals surface area contributed by atoms with E-state index in [0.29, 0.717) is 12.1 Å². The van der Waals surface area contributed by atoms with Crippen LogP contribution in [0.25, 0.3) is 0 Å². The lowest BCUT2D eigenvalue weighted by molar-refractivity contribution is -0.253. The third-order valence-corrected chi connectivity index (χ3v) is 8.02. The van der Waals surface area contributed by atoms with Gasteiger partial charge in [-0.3, -0.25) is 0 Å². The predicted octanol–water partition coefficient (Wildman–Crippen LogP) is 5.12. The lowest BCUT2D eigenvalue weighted by atomic mass is 9.99. The fraction of sp³-hybridized carbons (Fsp3) is 0.412. The van der Waals surface area contributed by atoms with Gasteiger partial charge in [0.15, 0.2) is 6.29 Å². The van der Waals surface area contributed by atoms with Crippen molar-refractivity contribution >= 4 is 17.7 Å². The minimum absolute atomic E-state index is 0.00484. The topological polar surface area (TPSA) is 109 Å². The van der Waals surface area contributed by atoms with Gasteiger partial charge in [0.1, 0.15) is 6.04 Å². The highest BCUT2D eigenvalue weighted by atomic mass is 16.7. The van der Waals surface area contributed by atoms with Crippen LogP contribution in [-0.4, -0.2) is 60.9 Å². The number of aliphatic hydroxyl groups is 1. The lowest BCUT2D eigenvalue weighted by Gasteiger charge is -2.39. The Balaban J connectivity index is 1.29. The molecule has 2 amide bonds. The number of esters is 1. The molecule has 228 valence electrons. The molecule has 2 saturated heterocycles. The average molecular weight is 588 g/mol. The minimum Gasteiger partial charge on any atom is -0.467 e. The number of likely N-dealkylation sites (tertiary alicyclic amines) is 1. The summed E-state index contributed by atoms with van der Waals surface area (Å²) in [6.45, 7) is 2.98. The largest absolute Gasteiger partial charge is 0.467 e. The van der Waals surface area contributed by atoms with Crippen LogP contribution in [0, 0.1) is 0 Å². The van der Waals surface area contributed by atoms with E-state index in [1.807, 2.05) is 72.8 Å². The highest BCUT2D eigenvalue weighted by Crippen LogP contribution is 2.38. The fourth-order valence-electron chi connectivity index (χ4n) is 5.74. The summed E-state index contributed by atoms with van der Waals surface area (Å²) < 4.78 is 17.9. The Morgan fingerprint density at radius 3 is 2.42 bits per heavy atom. The maximum atomic E-state index is 13.0. The molecule has 5 rings (SSSR count). The van der Waals surface area contributed by atoms with Gasteiger partial charge >= 0.3 is 12.0 Å². The van der Waals surface area contributed by atoms with Gasteiger partial charge in [0, 0.05) is 30.6 Å². The van der Waals surface area contributed by atoms with E-state index in [-0.39, 0.29) is 18.8 Å². The number of urea groups is 1. The van der Waals surface area contributed by atoms with Crippen LogP contribution >= 0.6 is 0 Å². The number of ether oxygens (including phenoxy) is 3. The molecule has 2 heterocycles. The molecule has 0 radical (unpaired) electrons. The first-order valence-electron chi connectivity index (χ1n) is 15.0. The highest BCUT2D eigenvalue weighted by Gasteiger charge is 2.33. The summed E-state index contributed by atoms with van der Waals surface area (Å²) in [7, 11) is 1.31. The zero-order valence-electron chi connectivity index (χ0n) is 24.6. The molecular formula is C34H41N3O6. The summed E-state index contributed by atoms with van der Waals surface area (Å²) >= 11 is 0. The number of nitrogens with one attached hydrogen (secondary N) is 2. The molecule has 3 N–H and O–H groups in total. The molecule has 0 aromatic heterocycles. The van der Waals surface area contributed by atoms with E-state index in [1.54, 1.807) is 6.07 Å². The van der Waals surface area contributed by atoms with Gasteiger partial charge in [-0.1, -0.05) is 73.2 Å². The number of amides is 2. The summed E-state index contributed by atoms with van der Waals surface area (Å²) in [6, 6.07) is 23.4. The monoisotopic (exact) mass is 587 g/mol.